The van der Waals surface area contributed by atoms with Gasteiger partial charge >= 0.3 is 5.76 Å². The molecular formula is C10H12N2O2. The third-order valence-electron chi connectivity index (χ3n) is 2.41. The second-order valence-electron chi connectivity index (χ2n) is 3.31. The summed E-state index contributed by atoms with van der Waals surface area (Å²) >= 11 is 0. The summed E-state index contributed by atoms with van der Waals surface area (Å²) in [5.41, 5.74) is 3.52. The lowest BCUT2D eigenvalue weighted by atomic mass is 10.2. The molecule has 1 aromatic carbocycles. The van der Waals surface area contributed by atoms with E-state index in [1.165, 1.54) is 4.57 Å². The topological polar surface area (TPSA) is 47.2 Å². The molecule has 0 radical (unpaired) electrons. The quantitative estimate of drug-likeness (QED) is 0.744. The van der Waals surface area contributed by atoms with Crippen LogP contribution in [0.15, 0.2) is 21.3 Å². The van der Waals surface area contributed by atoms with Gasteiger partial charge in [-0.3, -0.25) is 4.57 Å². The van der Waals surface area contributed by atoms with Gasteiger partial charge in [0.15, 0.2) is 5.58 Å². The molecule has 14 heavy (non-hydrogen) atoms. The van der Waals surface area contributed by atoms with Crippen LogP contribution in [0.25, 0.3) is 11.1 Å². The maximum atomic E-state index is 11.2. The van der Waals surface area contributed by atoms with Crippen molar-refractivity contribution < 1.29 is 4.42 Å². The number of hydrogen-bond donors (Lipinski definition) is 1. The smallest absolute Gasteiger partial charge is 0.408 e. The predicted molar refractivity (Wildman–Crippen MR) is 55.7 cm³/mol. The fraction of sp³-hybridized carbons (Fsp3) is 0.300. The number of oxazole rings is 1. The zero-order chi connectivity index (χ0) is 10.3. The number of rotatable bonds is 1. The Morgan fingerprint density at radius 3 is 2.79 bits per heavy atom. The Labute approximate surface area is 81.1 Å². The van der Waals surface area contributed by atoms with Crippen LogP contribution in [0.2, 0.25) is 0 Å². The molecule has 1 N–H and O–H groups in total. The number of anilines is 1. The Morgan fingerprint density at radius 2 is 2.14 bits per heavy atom. The second-order valence-corrected chi connectivity index (χ2v) is 3.31. The monoisotopic (exact) mass is 192 g/mol. The van der Waals surface area contributed by atoms with Crippen molar-refractivity contribution in [2.75, 3.05) is 12.4 Å². The number of hydrogen-bond acceptors (Lipinski definition) is 3. The molecule has 0 saturated carbocycles. The van der Waals surface area contributed by atoms with Crippen molar-refractivity contribution in [3.63, 3.8) is 0 Å². The van der Waals surface area contributed by atoms with E-state index in [9.17, 15) is 4.79 Å². The third kappa shape index (κ3) is 1.11. The molecule has 0 aliphatic carbocycles. The molecule has 2 aromatic rings. The van der Waals surface area contributed by atoms with Gasteiger partial charge in [-0.15, -0.1) is 0 Å². The zero-order valence-corrected chi connectivity index (χ0v) is 8.42. The summed E-state index contributed by atoms with van der Waals surface area (Å²) in [5, 5.41) is 3.04. The van der Waals surface area contributed by atoms with Crippen LogP contribution in [0, 0.1) is 6.92 Å². The van der Waals surface area contributed by atoms with Gasteiger partial charge in [-0.05, 0) is 18.6 Å². The lowest BCUT2D eigenvalue weighted by Gasteiger charge is -2.03. The Kier molecular flexibility index (Phi) is 1.84. The summed E-state index contributed by atoms with van der Waals surface area (Å²) in [7, 11) is 3.54. The van der Waals surface area contributed by atoms with Gasteiger partial charge in [-0.2, -0.15) is 0 Å². The number of nitrogens with one attached hydrogen (secondary N) is 1. The van der Waals surface area contributed by atoms with E-state index in [0.29, 0.717) is 5.58 Å². The van der Waals surface area contributed by atoms with Crippen molar-refractivity contribution in [2.45, 2.75) is 6.92 Å². The summed E-state index contributed by atoms with van der Waals surface area (Å²) in [6.07, 6.45) is 0. The van der Waals surface area contributed by atoms with E-state index in [1.54, 1.807) is 7.05 Å². The first-order valence-electron chi connectivity index (χ1n) is 4.41. The van der Waals surface area contributed by atoms with Crippen LogP contribution in [0.5, 0.6) is 0 Å². The van der Waals surface area contributed by atoms with Gasteiger partial charge in [-0.1, -0.05) is 0 Å². The van der Waals surface area contributed by atoms with Crippen molar-refractivity contribution in [3.8, 4) is 0 Å². The Bertz CT molecular complexity index is 537. The molecular weight excluding hydrogens is 180 g/mol. The van der Waals surface area contributed by atoms with Gasteiger partial charge in [0.25, 0.3) is 0 Å². The normalized spacial score (nSPS) is 10.8. The van der Waals surface area contributed by atoms with Crippen molar-refractivity contribution in [2.24, 2.45) is 7.05 Å². The molecule has 0 saturated heterocycles. The number of fused-ring (bicyclic) bond motifs is 1. The molecule has 0 aliphatic heterocycles. The number of benzene rings is 1. The van der Waals surface area contributed by atoms with Crippen molar-refractivity contribution in [1.29, 1.82) is 0 Å². The molecule has 0 spiro atoms. The summed E-state index contributed by atoms with van der Waals surface area (Å²) < 4.78 is 6.57. The van der Waals surface area contributed by atoms with E-state index in [0.717, 1.165) is 16.8 Å². The van der Waals surface area contributed by atoms with Crippen LogP contribution in [0.3, 0.4) is 0 Å². The molecule has 1 heterocycles. The van der Waals surface area contributed by atoms with Gasteiger partial charge in [0.1, 0.15) is 0 Å². The van der Waals surface area contributed by atoms with E-state index in [1.807, 2.05) is 26.1 Å². The Balaban J connectivity index is 2.86. The third-order valence-corrected chi connectivity index (χ3v) is 2.41. The highest BCUT2D eigenvalue weighted by Crippen LogP contribution is 2.21. The molecule has 2 rings (SSSR count). The standard InChI is InChI=1S/C10H12N2O2/c1-6-4-8-9(5-7(6)11-2)14-10(13)12(8)3/h4-5,11H,1-3H3. The second kappa shape index (κ2) is 2.90. The molecule has 0 bridgehead atoms. The van der Waals surface area contributed by atoms with Crippen LogP contribution < -0.4 is 11.1 Å². The van der Waals surface area contributed by atoms with Crippen LogP contribution >= 0.6 is 0 Å². The average Bonchev–Trinajstić information content (AvgIpc) is 2.43. The Hall–Kier alpha value is -1.71. The van der Waals surface area contributed by atoms with E-state index < -0.39 is 0 Å². The average molecular weight is 192 g/mol. The molecule has 74 valence electrons. The highest BCUT2D eigenvalue weighted by molar-refractivity contribution is 5.79. The Morgan fingerprint density at radius 1 is 1.43 bits per heavy atom. The first kappa shape index (κ1) is 8.87. The minimum atomic E-state index is -0.326. The van der Waals surface area contributed by atoms with Crippen LogP contribution in [0.1, 0.15) is 5.56 Å². The van der Waals surface area contributed by atoms with Gasteiger partial charge in [0.05, 0.1) is 5.52 Å². The first-order valence-corrected chi connectivity index (χ1v) is 4.41. The first-order chi connectivity index (χ1) is 6.63. The fourth-order valence-corrected chi connectivity index (χ4v) is 1.55. The van der Waals surface area contributed by atoms with Gasteiger partial charge < -0.3 is 9.73 Å². The van der Waals surface area contributed by atoms with Crippen LogP contribution in [-0.4, -0.2) is 11.6 Å². The fourth-order valence-electron chi connectivity index (χ4n) is 1.55. The lowest BCUT2D eigenvalue weighted by Crippen LogP contribution is -2.08. The van der Waals surface area contributed by atoms with Crippen LogP contribution in [-0.2, 0) is 7.05 Å². The zero-order valence-electron chi connectivity index (χ0n) is 8.42. The summed E-state index contributed by atoms with van der Waals surface area (Å²) in [6, 6.07) is 3.78. The highest BCUT2D eigenvalue weighted by atomic mass is 16.4. The number of aromatic nitrogens is 1. The molecule has 0 unspecified atom stereocenters. The number of aryl methyl sites for hydroxylation is 2. The van der Waals surface area contributed by atoms with Gasteiger partial charge in [0, 0.05) is 25.8 Å². The molecule has 4 heteroatoms. The van der Waals surface area contributed by atoms with E-state index in [4.69, 9.17) is 4.42 Å². The van der Waals surface area contributed by atoms with Crippen molar-refractivity contribution in [3.05, 3.63) is 28.2 Å². The van der Waals surface area contributed by atoms with Gasteiger partial charge in [0.2, 0.25) is 0 Å². The lowest BCUT2D eigenvalue weighted by molar-refractivity contribution is 0.528. The van der Waals surface area contributed by atoms with Gasteiger partial charge in [-0.25, -0.2) is 4.79 Å². The summed E-state index contributed by atoms with van der Waals surface area (Å²) in [5.74, 6) is -0.326. The van der Waals surface area contributed by atoms with Crippen molar-refractivity contribution >= 4 is 16.8 Å². The molecule has 4 nitrogen and oxygen atoms in total. The minimum Gasteiger partial charge on any atom is -0.408 e. The maximum Gasteiger partial charge on any atom is 0.419 e. The molecule has 0 fully saturated rings. The molecule has 0 aliphatic rings. The van der Waals surface area contributed by atoms with E-state index >= 15 is 0 Å². The molecule has 0 amide bonds. The maximum absolute atomic E-state index is 11.2. The van der Waals surface area contributed by atoms with E-state index in [2.05, 4.69) is 5.32 Å². The minimum absolute atomic E-state index is 0.326. The summed E-state index contributed by atoms with van der Waals surface area (Å²) in [6.45, 7) is 1.99. The SMILES string of the molecule is CNc1cc2oc(=O)n(C)c2cc1C. The summed E-state index contributed by atoms with van der Waals surface area (Å²) in [4.78, 5) is 11.2. The van der Waals surface area contributed by atoms with E-state index in [-0.39, 0.29) is 5.76 Å². The largest absolute Gasteiger partial charge is 0.419 e. The molecule has 1 aromatic heterocycles. The molecule has 0 atom stereocenters. The number of nitrogens with zero attached hydrogens (tertiary/aromatic N) is 1. The van der Waals surface area contributed by atoms with Crippen molar-refractivity contribution in [1.82, 2.24) is 4.57 Å². The predicted octanol–water partition coefficient (Wildman–Crippen LogP) is 1.48. The highest BCUT2D eigenvalue weighted by Gasteiger charge is 2.07. The van der Waals surface area contributed by atoms with Crippen LogP contribution in [0.4, 0.5) is 5.69 Å².